The molecule has 1 aliphatic heterocycles. The van der Waals surface area contributed by atoms with Crippen LogP contribution >= 0.6 is 0 Å². The molecule has 0 bridgehead atoms. The van der Waals surface area contributed by atoms with Gasteiger partial charge in [-0.15, -0.1) is 0 Å². The topological polar surface area (TPSA) is 31.0 Å². The molecule has 2 fully saturated rings. The molecule has 3 heteroatoms. The molecule has 1 heterocycles. The molecule has 3 nitrogen and oxygen atoms in total. The monoisotopic (exact) mass is 240 g/mol. The van der Waals surface area contributed by atoms with Crippen LogP contribution in [0.15, 0.2) is 12.8 Å². The summed E-state index contributed by atoms with van der Waals surface area (Å²) < 4.78 is 17.1. The van der Waals surface area contributed by atoms with Gasteiger partial charge in [-0.05, 0) is 12.8 Å². The van der Waals surface area contributed by atoms with E-state index in [0.717, 1.165) is 13.0 Å². The van der Waals surface area contributed by atoms with Crippen LogP contribution in [0.1, 0.15) is 45.4 Å². The van der Waals surface area contributed by atoms with Crippen LogP contribution < -0.4 is 0 Å². The van der Waals surface area contributed by atoms with Crippen molar-refractivity contribution in [2.45, 2.75) is 57.3 Å². The van der Waals surface area contributed by atoms with Gasteiger partial charge in [-0.25, -0.2) is 0 Å². The van der Waals surface area contributed by atoms with Gasteiger partial charge >= 0.3 is 0 Å². The van der Waals surface area contributed by atoms with Crippen LogP contribution in [-0.2, 0) is 14.2 Å². The largest absolute Gasteiger partial charge is 0.470 e. The van der Waals surface area contributed by atoms with Gasteiger partial charge in [0.1, 0.15) is 6.10 Å². The summed E-state index contributed by atoms with van der Waals surface area (Å²) in [4.78, 5) is 0. The number of ether oxygens (including phenoxy) is 3. The summed E-state index contributed by atoms with van der Waals surface area (Å²) in [6.07, 6.45) is 9.02. The first-order valence-corrected chi connectivity index (χ1v) is 6.85. The van der Waals surface area contributed by atoms with Crippen LogP contribution in [0.4, 0.5) is 0 Å². The fraction of sp³-hybridized carbons (Fsp3) is 0.857. The lowest BCUT2D eigenvalue weighted by Crippen LogP contribution is -2.43. The van der Waals surface area contributed by atoms with Crippen molar-refractivity contribution in [3.05, 3.63) is 12.8 Å². The first kappa shape index (κ1) is 12.9. The summed E-state index contributed by atoms with van der Waals surface area (Å²) >= 11 is 0. The number of rotatable bonds is 7. The van der Waals surface area contributed by atoms with Gasteiger partial charge in [-0.2, -0.15) is 0 Å². The van der Waals surface area contributed by atoms with Crippen molar-refractivity contribution < 1.29 is 14.2 Å². The van der Waals surface area contributed by atoms with E-state index < -0.39 is 5.79 Å². The molecule has 1 saturated carbocycles. The van der Waals surface area contributed by atoms with Crippen molar-refractivity contribution in [1.29, 1.82) is 0 Å². The zero-order valence-electron chi connectivity index (χ0n) is 10.8. The van der Waals surface area contributed by atoms with Crippen molar-refractivity contribution in [3.8, 4) is 0 Å². The second-order valence-electron chi connectivity index (χ2n) is 5.05. The SMILES string of the molecule is C=COC(CC)(OCC1CO1)C1CCCCC1. The molecule has 98 valence electrons. The van der Waals surface area contributed by atoms with E-state index in [1.807, 2.05) is 0 Å². The van der Waals surface area contributed by atoms with E-state index in [1.165, 1.54) is 38.4 Å². The van der Waals surface area contributed by atoms with Crippen molar-refractivity contribution in [3.63, 3.8) is 0 Å². The minimum absolute atomic E-state index is 0.290. The first-order chi connectivity index (χ1) is 8.30. The van der Waals surface area contributed by atoms with Crippen LogP contribution in [0.2, 0.25) is 0 Å². The molecular weight excluding hydrogens is 216 g/mol. The highest BCUT2D eigenvalue weighted by Gasteiger charge is 2.41. The van der Waals surface area contributed by atoms with Crippen LogP contribution in [0.25, 0.3) is 0 Å². The highest BCUT2D eigenvalue weighted by Crippen LogP contribution is 2.39. The Balaban J connectivity index is 1.98. The maximum atomic E-state index is 6.06. The molecule has 0 aromatic rings. The Hall–Kier alpha value is -0.540. The van der Waals surface area contributed by atoms with Crippen LogP contribution in [0, 0.1) is 5.92 Å². The molecule has 1 aliphatic carbocycles. The molecule has 0 aromatic carbocycles. The smallest absolute Gasteiger partial charge is 0.212 e. The zero-order valence-corrected chi connectivity index (χ0v) is 10.8. The lowest BCUT2D eigenvalue weighted by atomic mass is 9.81. The highest BCUT2D eigenvalue weighted by atomic mass is 16.7. The van der Waals surface area contributed by atoms with Gasteiger partial charge in [-0.3, -0.25) is 0 Å². The van der Waals surface area contributed by atoms with E-state index >= 15 is 0 Å². The van der Waals surface area contributed by atoms with E-state index in [0.29, 0.717) is 12.5 Å². The Kier molecular flexibility index (Phi) is 4.46. The third-order valence-corrected chi connectivity index (χ3v) is 3.92. The van der Waals surface area contributed by atoms with Crippen molar-refractivity contribution in [2.75, 3.05) is 13.2 Å². The summed E-state index contributed by atoms with van der Waals surface area (Å²) in [7, 11) is 0. The normalized spacial score (nSPS) is 28.4. The van der Waals surface area contributed by atoms with Gasteiger partial charge in [0.05, 0.1) is 19.5 Å². The lowest BCUT2D eigenvalue weighted by Gasteiger charge is -2.40. The summed E-state index contributed by atoms with van der Waals surface area (Å²) in [5.74, 6) is 0.0340. The third-order valence-electron chi connectivity index (χ3n) is 3.92. The fourth-order valence-corrected chi connectivity index (χ4v) is 2.80. The lowest BCUT2D eigenvalue weighted by molar-refractivity contribution is -0.248. The predicted molar refractivity (Wildman–Crippen MR) is 66.6 cm³/mol. The van der Waals surface area contributed by atoms with E-state index in [2.05, 4.69) is 13.5 Å². The molecule has 2 unspecified atom stereocenters. The molecule has 17 heavy (non-hydrogen) atoms. The average Bonchev–Trinajstić information content (AvgIpc) is 3.20. The van der Waals surface area contributed by atoms with Crippen LogP contribution in [0.5, 0.6) is 0 Å². The molecule has 0 aromatic heterocycles. The summed E-state index contributed by atoms with van der Waals surface area (Å²) in [5, 5.41) is 0. The third kappa shape index (κ3) is 3.23. The van der Waals surface area contributed by atoms with Crippen molar-refractivity contribution in [1.82, 2.24) is 0 Å². The fourth-order valence-electron chi connectivity index (χ4n) is 2.80. The second-order valence-corrected chi connectivity index (χ2v) is 5.05. The minimum Gasteiger partial charge on any atom is -0.470 e. The average molecular weight is 240 g/mol. The molecular formula is C14H24O3. The van der Waals surface area contributed by atoms with E-state index in [4.69, 9.17) is 14.2 Å². The van der Waals surface area contributed by atoms with Gasteiger partial charge in [0.15, 0.2) is 0 Å². The first-order valence-electron chi connectivity index (χ1n) is 6.85. The molecule has 0 spiro atoms. The standard InChI is InChI=1S/C14H24O3/c1-3-14(16-4-2,17-11-13-10-15-13)12-8-6-5-7-9-12/h4,12-13H,2-3,5-11H2,1H3. The molecule has 0 amide bonds. The number of hydrogen-bond donors (Lipinski definition) is 0. The Morgan fingerprint density at radius 1 is 1.35 bits per heavy atom. The summed E-state index contributed by atoms with van der Waals surface area (Å²) in [6.45, 7) is 7.31. The number of hydrogen-bond acceptors (Lipinski definition) is 3. The molecule has 2 atom stereocenters. The number of epoxide rings is 1. The maximum Gasteiger partial charge on any atom is 0.212 e. The van der Waals surface area contributed by atoms with Crippen LogP contribution in [-0.4, -0.2) is 25.1 Å². The molecule has 0 radical (unpaired) electrons. The van der Waals surface area contributed by atoms with E-state index in [-0.39, 0.29) is 6.10 Å². The van der Waals surface area contributed by atoms with Gasteiger partial charge in [-0.1, -0.05) is 32.8 Å². The molecule has 1 saturated heterocycles. The molecule has 2 aliphatic rings. The van der Waals surface area contributed by atoms with Crippen LogP contribution in [0.3, 0.4) is 0 Å². The van der Waals surface area contributed by atoms with Gasteiger partial charge in [0.25, 0.3) is 0 Å². The van der Waals surface area contributed by atoms with Gasteiger partial charge in [0, 0.05) is 12.3 Å². The summed E-state index contributed by atoms with van der Waals surface area (Å²) in [6, 6.07) is 0. The Labute approximate surface area is 104 Å². The molecule has 0 N–H and O–H groups in total. The van der Waals surface area contributed by atoms with Crippen molar-refractivity contribution >= 4 is 0 Å². The Morgan fingerprint density at radius 3 is 2.59 bits per heavy atom. The highest BCUT2D eigenvalue weighted by molar-refractivity contribution is 4.84. The van der Waals surface area contributed by atoms with Gasteiger partial charge in [0.2, 0.25) is 5.79 Å². The van der Waals surface area contributed by atoms with Crippen molar-refractivity contribution in [2.24, 2.45) is 5.92 Å². The quantitative estimate of drug-likeness (QED) is 0.389. The molecule has 2 rings (SSSR count). The zero-order chi connectivity index (χ0) is 12.1. The van der Waals surface area contributed by atoms with Gasteiger partial charge < -0.3 is 14.2 Å². The maximum absolute atomic E-state index is 6.06. The van der Waals surface area contributed by atoms with E-state index in [1.54, 1.807) is 0 Å². The minimum atomic E-state index is -0.464. The second kappa shape index (κ2) is 5.87. The summed E-state index contributed by atoms with van der Waals surface area (Å²) in [5.41, 5.74) is 0. The van der Waals surface area contributed by atoms with E-state index in [9.17, 15) is 0 Å². The Bertz CT molecular complexity index is 244. The Morgan fingerprint density at radius 2 is 2.06 bits per heavy atom. The predicted octanol–water partition coefficient (Wildman–Crippen LogP) is 3.25.